The first kappa shape index (κ1) is 11.0. The van der Waals surface area contributed by atoms with E-state index in [0.717, 1.165) is 24.3 Å². The van der Waals surface area contributed by atoms with Crippen molar-refractivity contribution >= 4 is 5.95 Å². The van der Waals surface area contributed by atoms with E-state index in [-0.39, 0.29) is 0 Å². The molecule has 0 fully saturated rings. The molecule has 0 radical (unpaired) electrons. The lowest BCUT2D eigenvalue weighted by molar-refractivity contribution is 0.414. The van der Waals surface area contributed by atoms with E-state index in [9.17, 15) is 0 Å². The summed E-state index contributed by atoms with van der Waals surface area (Å²) >= 11 is 0. The van der Waals surface area contributed by atoms with Gasteiger partial charge in [-0.2, -0.15) is 0 Å². The molecule has 1 heterocycles. The number of nitrogens with zero attached hydrogens (tertiary/aromatic N) is 2. The van der Waals surface area contributed by atoms with Gasteiger partial charge in [0.1, 0.15) is 5.75 Å². The fourth-order valence-corrected chi connectivity index (χ4v) is 2.35. The highest BCUT2D eigenvalue weighted by Crippen LogP contribution is 2.34. The first-order valence-electron chi connectivity index (χ1n) is 6.03. The van der Waals surface area contributed by atoms with Crippen molar-refractivity contribution in [1.29, 1.82) is 0 Å². The Bertz CT molecular complexity index is 596. The van der Waals surface area contributed by atoms with Crippen LogP contribution in [0.4, 0.5) is 5.95 Å². The normalized spacial score (nSPS) is 12.6. The zero-order valence-corrected chi connectivity index (χ0v) is 10.5. The van der Waals surface area contributed by atoms with Gasteiger partial charge in [-0.25, -0.2) is 9.97 Å². The minimum absolute atomic E-state index is 0.664. The monoisotopic (exact) mass is 241 g/mol. The molecule has 4 heteroatoms. The molecule has 1 N–H and O–H groups in total. The average molecular weight is 241 g/mol. The van der Waals surface area contributed by atoms with Crippen molar-refractivity contribution in [3.8, 4) is 17.0 Å². The topological polar surface area (TPSA) is 47.0 Å². The van der Waals surface area contributed by atoms with E-state index in [1.807, 2.05) is 19.3 Å². The molecule has 1 aliphatic carbocycles. The fourth-order valence-electron chi connectivity index (χ4n) is 2.35. The summed E-state index contributed by atoms with van der Waals surface area (Å²) in [4.78, 5) is 8.84. The molecular formula is C14H15N3O. The van der Waals surface area contributed by atoms with Gasteiger partial charge in [0.15, 0.2) is 0 Å². The molecule has 1 aromatic heterocycles. The second-order valence-electron chi connectivity index (χ2n) is 4.34. The Labute approximate surface area is 106 Å². The molecule has 1 aromatic carbocycles. The van der Waals surface area contributed by atoms with Crippen molar-refractivity contribution in [2.24, 2.45) is 0 Å². The van der Waals surface area contributed by atoms with Gasteiger partial charge in [0.05, 0.1) is 12.8 Å². The smallest absolute Gasteiger partial charge is 0.222 e. The molecule has 1 aliphatic rings. The third-order valence-electron chi connectivity index (χ3n) is 3.32. The summed E-state index contributed by atoms with van der Waals surface area (Å²) in [6.45, 7) is 0. The van der Waals surface area contributed by atoms with E-state index in [1.54, 1.807) is 7.11 Å². The van der Waals surface area contributed by atoms with Gasteiger partial charge in [-0.3, -0.25) is 0 Å². The number of fused-ring (bicyclic) bond motifs is 3. The Morgan fingerprint density at radius 3 is 2.83 bits per heavy atom. The van der Waals surface area contributed by atoms with Crippen molar-refractivity contribution in [3.63, 3.8) is 0 Å². The summed E-state index contributed by atoms with van der Waals surface area (Å²) in [6, 6.07) is 6.16. The summed E-state index contributed by atoms with van der Waals surface area (Å²) in [5.41, 5.74) is 4.74. The molecule has 0 atom stereocenters. The van der Waals surface area contributed by atoms with Crippen LogP contribution < -0.4 is 10.1 Å². The Balaban J connectivity index is 2.15. The van der Waals surface area contributed by atoms with Crippen molar-refractivity contribution < 1.29 is 4.74 Å². The third-order valence-corrected chi connectivity index (χ3v) is 3.32. The van der Waals surface area contributed by atoms with Crippen molar-refractivity contribution in [1.82, 2.24) is 9.97 Å². The maximum absolute atomic E-state index is 5.27. The van der Waals surface area contributed by atoms with Crippen LogP contribution in [0, 0.1) is 0 Å². The zero-order chi connectivity index (χ0) is 12.5. The zero-order valence-electron chi connectivity index (χ0n) is 10.5. The summed E-state index contributed by atoms with van der Waals surface area (Å²) < 4.78 is 5.27. The van der Waals surface area contributed by atoms with E-state index in [1.165, 1.54) is 16.7 Å². The molecule has 2 aromatic rings. The third kappa shape index (κ3) is 1.70. The number of methoxy groups -OCH3 is 1. The van der Waals surface area contributed by atoms with E-state index in [0.29, 0.717) is 5.95 Å². The lowest BCUT2D eigenvalue weighted by Gasteiger charge is -2.19. The number of benzene rings is 1. The number of hydrogen-bond donors (Lipinski definition) is 1. The van der Waals surface area contributed by atoms with Gasteiger partial charge in [-0.05, 0) is 42.2 Å². The van der Waals surface area contributed by atoms with Gasteiger partial charge < -0.3 is 10.1 Å². The quantitative estimate of drug-likeness (QED) is 0.876. The maximum atomic E-state index is 5.27. The minimum atomic E-state index is 0.664. The van der Waals surface area contributed by atoms with Crippen LogP contribution in [0.2, 0.25) is 0 Å². The number of anilines is 1. The number of hydrogen-bond acceptors (Lipinski definition) is 4. The Kier molecular flexibility index (Phi) is 2.63. The van der Waals surface area contributed by atoms with Gasteiger partial charge in [-0.1, -0.05) is 0 Å². The lowest BCUT2D eigenvalue weighted by atomic mass is 9.90. The van der Waals surface area contributed by atoms with E-state index in [4.69, 9.17) is 4.74 Å². The molecule has 4 nitrogen and oxygen atoms in total. The standard InChI is InChI=1S/C14H15N3O/c1-15-14-16-8-10-4-3-9-7-11(18-2)5-6-12(9)13(10)17-14/h5-8H,3-4H2,1-2H3,(H,15,16,17). The van der Waals surface area contributed by atoms with Crippen LogP contribution in [0.5, 0.6) is 5.75 Å². The molecule has 92 valence electrons. The van der Waals surface area contributed by atoms with E-state index in [2.05, 4.69) is 27.4 Å². The van der Waals surface area contributed by atoms with Gasteiger partial charge >= 0.3 is 0 Å². The highest BCUT2D eigenvalue weighted by molar-refractivity contribution is 5.71. The lowest BCUT2D eigenvalue weighted by Crippen LogP contribution is -2.08. The summed E-state index contributed by atoms with van der Waals surface area (Å²) in [6.07, 6.45) is 3.92. The first-order valence-corrected chi connectivity index (χ1v) is 6.03. The number of aromatic nitrogens is 2. The Morgan fingerprint density at radius 1 is 1.22 bits per heavy atom. The van der Waals surface area contributed by atoms with Crippen LogP contribution in [0.25, 0.3) is 11.3 Å². The van der Waals surface area contributed by atoms with Crippen LogP contribution in [0.15, 0.2) is 24.4 Å². The Hall–Kier alpha value is -2.10. The first-order chi connectivity index (χ1) is 8.81. The number of aryl methyl sites for hydroxylation is 2. The predicted octanol–water partition coefficient (Wildman–Crippen LogP) is 2.29. The van der Waals surface area contributed by atoms with Gasteiger partial charge in [-0.15, -0.1) is 0 Å². The molecule has 18 heavy (non-hydrogen) atoms. The molecule has 0 saturated heterocycles. The van der Waals surface area contributed by atoms with Crippen molar-refractivity contribution in [2.75, 3.05) is 19.5 Å². The molecular weight excluding hydrogens is 226 g/mol. The van der Waals surface area contributed by atoms with Crippen LogP contribution in [0.3, 0.4) is 0 Å². The summed E-state index contributed by atoms with van der Waals surface area (Å²) in [5.74, 6) is 1.57. The van der Waals surface area contributed by atoms with Gasteiger partial charge in [0.25, 0.3) is 0 Å². The number of rotatable bonds is 2. The molecule has 0 spiro atoms. The fraction of sp³-hybridized carbons (Fsp3) is 0.286. The van der Waals surface area contributed by atoms with Crippen molar-refractivity contribution in [2.45, 2.75) is 12.8 Å². The summed E-state index contributed by atoms with van der Waals surface area (Å²) in [7, 11) is 3.53. The summed E-state index contributed by atoms with van der Waals surface area (Å²) in [5, 5.41) is 2.98. The van der Waals surface area contributed by atoms with Crippen LogP contribution in [0.1, 0.15) is 11.1 Å². The minimum Gasteiger partial charge on any atom is -0.497 e. The van der Waals surface area contributed by atoms with Crippen LogP contribution >= 0.6 is 0 Å². The molecule has 3 rings (SSSR count). The van der Waals surface area contributed by atoms with Gasteiger partial charge in [0, 0.05) is 18.8 Å². The molecule has 0 bridgehead atoms. The second kappa shape index (κ2) is 4.29. The van der Waals surface area contributed by atoms with Crippen LogP contribution in [-0.2, 0) is 12.8 Å². The average Bonchev–Trinajstić information content (AvgIpc) is 2.45. The van der Waals surface area contributed by atoms with Crippen molar-refractivity contribution in [3.05, 3.63) is 35.5 Å². The molecule has 0 aliphatic heterocycles. The maximum Gasteiger partial charge on any atom is 0.222 e. The Morgan fingerprint density at radius 2 is 2.06 bits per heavy atom. The molecule has 0 saturated carbocycles. The SMILES string of the molecule is CNc1ncc2c(n1)-c1ccc(OC)cc1CC2. The van der Waals surface area contributed by atoms with Crippen LogP contribution in [-0.4, -0.2) is 24.1 Å². The molecule has 0 amide bonds. The highest BCUT2D eigenvalue weighted by atomic mass is 16.5. The highest BCUT2D eigenvalue weighted by Gasteiger charge is 2.18. The predicted molar refractivity (Wildman–Crippen MR) is 71.0 cm³/mol. The second-order valence-corrected chi connectivity index (χ2v) is 4.34. The van der Waals surface area contributed by atoms with E-state index < -0.39 is 0 Å². The van der Waals surface area contributed by atoms with E-state index >= 15 is 0 Å². The largest absolute Gasteiger partial charge is 0.497 e. The van der Waals surface area contributed by atoms with Gasteiger partial charge in [0.2, 0.25) is 5.95 Å². The molecule has 0 unspecified atom stereocenters. The number of nitrogens with one attached hydrogen (secondary N) is 1. The number of ether oxygens (including phenoxy) is 1.